The number of hydrogen-bond acceptors (Lipinski definition) is 4. The lowest BCUT2D eigenvalue weighted by molar-refractivity contribution is -0.00102. The van der Waals surface area contributed by atoms with Gasteiger partial charge in [-0.1, -0.05) is 20.8 Å². The Hall–Kier alpha value is -1.36. The molecule has 0 saturated carbocycles. The summed E-state index contributed by atoms with van der Waals surface area (Å²) in [6, 6.07) is 0. The van der Waals surface area contributed by atoms with Crippen molar-refractivity contribution < 1.29 is 14.3 Å². The van der Waals surface area contributed by atoms with Gasteiger partial charge in [0.1, 0.15) is 11.8 Å². The summed E-state index contributed by atoms with van der Waals surface area (Å²) in [4.78, 5) is 12.6. The minimum absolute atomic E-state index is 0.0961. The van der Waals surface area contributed by atoms with Gasteiger partial charge in [-0.05, 0) is 12.3 Å². The van der Waals surface area contributed by atoms with Crippen molar-refractivity contribution in [1.29, 1.82) is 0 Å². The number of aromatic nitrogens is 2. The van der Waals surface area contributed by atoms with Gasteiger partial charge in [0, 0.05) is 13.7 Å². The highest BCUT2D eigenvalue weighted by Crippen LogP contribution is 2.28. The van der Waals surface area contributed by atoms with E-state index in [1.807, 2.05) is 27.7 Å². The average molecular weight is 254 g/mol. The van der Waals surface area contributed by atoms with Crippen molar-refractivity contribution in [2.75, 3.05) is 13.7 Å². The molecular formula is C13H22N2O3. The molecule has 0 aliphatic carbocycles. The zero-order valence-corrected chi connectivity index (χ0v) is 12.0. The number of hydrogen-bond donors (Lipinski definition) is 0. The maximum Gasteiger partial charge on any atom is 0.213 e. The first-order chi connectivity index (χ1) is 8.32. The van der Waals surface area contributed by atoms with E-state index >= 15 is 0 Å². The number of nitrogens with zero attached hydrogens (tertiary/aromatic N) is 2. The van der Waals surface area contributed by atoms with Gasteiger partial charge in [-0.2, -0.15) is 5.10 Å². The molecule has 0 aliphatic heterocycles. The molecule has 102 valence electrons. The molecule has 0 spiro atoms. The molecule has 0 bridgehead atoms. The fraction of sp³-hybridized carbons (Fsp3) is 0.692. The van der Waals surface area contributed by atoms with E-state index in [2.05, 4.69) is 5.10 Å². The number of aryl methyl sites for hydroxylation is 1. The molecule has 0 aliphatic rings. The fourth-order valence-electron chi connectivity index (χ4n) is 1.86. The number of methoxy groups -OCH3 is 1. The number of carbonyl (C=O) groups is 1. The van der Waals surface area contributed by atoms with Gasteiger partial charge in [0.15, 0.2) is 5.75 Å². The lowest BCUT2D eigenvalue weighted by Gasteiger charge is -2.29. The molecule has 1 aromatic heterocycles. The standard InChI is InChI=1S/C13H22N2O3/c1-7-18-12(13(2,3)4)11(16)10-9(17-6)8-14-15(10)5/h8,12H,7H2,1-6H3. The highest BCUT2D eigenvalue weighted by Gasteiger charge is 2.35. The first-order valence-corrected chi connectivity index (χ1v) is 6.04. The first kappa shape index (κ1) is 14.7. The van der Waals surface area contributed by atoms with Crippen molar-refractivity contribution in [3.05, 3.63) is 11.9 Å². The van der Waals surface area contributed by atoms with E-state index in [0.717, 1.165) is 0 Å². The van der Waals surface area contributed by atoms with Crippen LogP contribution in [0, 0.1) is 5.41 Å². The van der Waals surface area contributed by atoms with E-state index in [0.29, 0.717) is 18.1 Å². The number of ketones is 1. The lowest BCUT2D eigenvalue weighted by atomic mass is 9.85. The minimum atomic E-state index is -0.508. The third kappa shape index (κ3) is 2.90. The lowest BCUT2D eigenvalue weighted by Crippen LogP contribution is -2.38. The fourth-order valence-corrected chi connectivity index (χ4v) is 1.86. The first-order valence-electron chi connectivity index (χ1n) is 6.04. The Bertz CT molecular complexity index is 418. The Morgan fingerprint density at radius 3 is 2.56 bits per heavy atom. The molecule has 1 rings (SSSR count). The quantitative estimate of drug-likeness (QED) is 0.755. The summed E-state index contributed by atoms with van der Waals surface area (Å²) in [5.41, 5.74) is 0.174. The summed E-state index contributed by atoms with van der Waals surface area (Å²) < 4.78 is 12.3. The second-order valence-electron chi connectivity index (χ2n) is 5.25. The van der Waals surface area contributed by atoms with Crippen molar-refractivity contribution in [2.45, 2.75) is 33.8 Å². The van der Waals surface area contributed by atoms with Crippen LogP contribution in [-0.4, -0.2) is 35.4 Å². The molecular weight excluding hydrogens is 232 g/mol. The van der Waals surface area contributed by atoms with Gasteiger partial charge in [0.25, 0.3) is 0 Å². The van der Waals surface area contributed by atoms with E-state index in [1.165, 1.54) is 11.8 Å². The van der Waals surface area contributed by atoms with Gasteiger partial charge >= 0.3 is 0 Å². The van der Waals surface area contributed by atoms with Gasteiger partial charge in [-0.25, -0.2) is 0 Å². The monoisotopic (exact) mass is 254 g/mol. The van der Waals surface area contributed by atoms with Crippen LogP contribution < -0.4 is 4.74 Å². The maximum atomic E-state index is 12.6. The number of carbonyl (C=O) groups excluding carboxylic acids is 1. The van der Waals surface area contributed by atoms with Gasteiger partial charge in [-0.15, -0.1) is 0 Å². The van der Waals surface area contributed by atoms with Crippen LogP contribution >= 0.6 is 0 Å². The van der Waals surface area contributed by atoms with Crippen LogP contribution in [0.25, 0.3) is 0 Å². The minimum Gasteiger partial charge on any atom is -0.493 e. The van der Waals surface area contributed by atoms with Gasteiger partial charge in [0.05, 0.1) is 13.3 Å². The number of Topliss-reactive ketones (excluding diaryl/α,β-unsaturated/α-hetero) is 1. The normalized spacial score (nSPS) is 13.4. The second-order valence-corrected chi connectivity index (χ2v) is 5.25. The van der Waals surface area contributed by atoms with Crippen molar-refractivity contribution >= 4 is 5.78 Å². The number of rotatable bonds is 5. The summed E-state index contributed by atoms with van der Waals surface area (Å²) in [5.74, 6) is 0.387. The summed E-state index contributed by atoms with van der Waals surface area (Å²) in [7, 11) is 3.25. The van der Waals surface area contributed by atoms with Crippen molar-refractivity contribution in [3.63, 3.8) is 0 Å². The molecule has 1 unspecified atom stereocenters. The van der Waals surface area contributed by atoms with Gasteiger partial charge in [0.2, 0.25) is 5.78 Å². The summed E-state index contributed by atoms with van der Waals surface area (Å²) in [6.07, 6.45) is 1.03. The molecule has 0 saturated heterocycles. The van der Waals surface area contributed by atoms with Crippen molar-refractivity contribution in [1.82, 2.24) is 9.78 Å². The summed E-state index contributed by atoms with van der Waals surface area (Å²) in [6.45, 7) is 8.32. The molecule has 0 fully saturated rings. The molecule has 5 heteroatoms. The van der Waals surface area contributed by atoms with Crippen LogP contribution in [0.3, 0.4) is 0 Å². The predicted molar refractivity (Wildman–Crippen MR) is 69.0 cm³/mol. The van der Waals surface area contributed by atoms with E-state index in [-0.39, 0.29) is 11.2 Å². The van der Waals surface area contributed by atoms with Crippen molar-refractivity contribution in [3.8, 4) is 5.75 Å². The van der Waals surface area contributed by atoms with Crippen molar-refractivity contribution in [2.24, 2.45) is 12.5 Å². The predicted octanol–water partition coefficient (Wildman–Crippen LogP) is 2.06. The molecule has 0 amide bonds. The van der Waals surface area contributed by atoms with E-state index in [4.69, 9.17) is 9.47 Å². The second kappa shape index (κ2) is 5.52. The zero-order chi connectivity index (χ0) is 13.9. The Labute approximate surface area is 108 Å². The van der Waals surface area contributed by atoms with Gasteiger partial charge in [-0.3, -0.25) is 9.48 Å². The summed E-state index contributed by atoms with van der Waals surface area (Å²) >= 11 is 0. The summed E-state index contributed by atoms with van der Waals surface area (Å²) in [5, 5.41) is 4.05. The Morgan fingerprint density at radius 1 is 1.50 bits per heavy atom. The molecule has 5 nitrogen and oxygen atoms in total. The zero-order valence-electron chi connectivity index (χ0n) is 12.0. The van der Waals surface area contributed by atoms with Crippen LogP contribution in [0.4, 0.5) is 0 Å². The average Bonchev–Trinajstić information content (AvgIpc) is 2.64. The smallest absolute Gasteiger partial charge is 0.213 e. The Kier molecular flexibility index (Phi) is 4.51. The molecule has 0 N–H and O–H groups in total. The Morgan fingerprint density at radius 2 is 2.11 bits per heavy atom. The van der Waals surface area contributed by atoms with Crippen LogP contribution in [-0.2, 0) is 11.8 Å². The van der Waals surface area contributed by atoms with Crippen LogP contribution in [0.2, 0.25) is 0 Å². The van der Waals surface area contributed by atoms with Crippen LogP contribution in [0.5, 0.6) is 5.75 Å². The van der Waals surface area contributed by atoms with Crippen LogP contribution in [0.1, 0.15) is 38.2 Å². The van der Waals surface area contributed by atoms with E-state index in [9.17, 15) is 4.79 Å². The molecule has 18 heavy (non-hydrogen) atoms. The van der Waals surface area contributed by atoms with E-state index < -0.39 is 6.10 Å². The van der Waals surface area contributed by atoms with E-state index in [1.54, 1.807) is 13.2 Å². The highest BCUT2D eigenvalue weighted by atomic mass is 16.5. The molecule has 1 atom stereocenters. The molecule has 1 aromatic rings. The SMILES string of the molecule is CCOC(C(=O)c1c(OC)cnn1C)C(C)(C)C. The van der Waals surface area contributed by atoms with Crippen LogP contribution in [0.15, 0.2) is 6.20 Å². The largest absolute Gasteiger partial charge is 0.493 e. The Balaban J connectivity index is 3.13. The third-order valence-corrected chi connectivity index (χ3v) is 2.72. The number of ether oxygens (including phenoxy) is 2. The highest BCUT2D eigenvalue weighted by molar-refractivity contribution is 6.00. The molecule has 0 aromatic carbocycles. The van der Waals surface area contributed by atoms with Gasteiger partial charge < -0.3 is 9.47 Å². The maximum absolute atomic E-state index is 12.6. The third-order valence-electron chi connectivity index (χ3n) is 2.72. The molecule has 0 radical (unpaired) electrons. The topological polar surface area (TPSA) is 53.4 Å². The molecule has 1 heterocycles.